The molecule has 0 saturated carbocycles. The lowest BCUT2D eigenvalue weighted by Crippen LogP contribution is -2.39. The van der Waals surface area contributed by atoms with Crippen LogP contribution in [0.3, 0.4) is 0 Å². The highest BCUT2D eigenvalue weighted by Crippen LogP contribution is 2.24. The molecule has 4 rings (SSSR count). The van der Waals surface area contributed by atoms with E-state index in [0.29, 0.717) is 11.6 Å². The second-order valence-electron chi connectivity index (χ2n) is 6.84. The highest BCUT2D eigenvalue weighted by molar-refractivity contribution is 5.98. The van der Waals surface area contributed by atoms with E-state index in [2.05, 4.69) is 4.98 Å². The third kappa shape index (κ3) is 3.43. The van der Waals surface area contributed by atoms with E-state index in [1.807, 2.05) is 47.4 Å². The lowest BCUT2D eigenvalue weighted by molar-refractivity contribution is 0.0685. The minimum Gasteiger partial charge on any atom is -0.351 e. The molecule has 0 unspecified atom stereocenters. The first-order valence-corrected chi connectivity index (χ1v) is 8.80. The number of piperidine rings is 1. The highest BCUT2D eigenvalue weighted by atomic mass is 19.1. The number of halogens is 1. The second-order valence-corrected chi connectivity index (χ2v) is 6.84. The number of carbonyl (C=O) groups is 1. The van der Waals surface area contributed by atoms with Crippen LogP contribution in [0.4, 0.5) is 4.39 Å². The lowest BCUT2D eigenvalue weighted by atomic mass is 9.90. The van der Waals surface area contributed by atoms with Gasteiger partial charge in [-0.05, 0) is 55.0 Å². The first kappa shape index (κ1) is 15.9. The van der Waals surface area contributed by atoms with Crippen LogP contribution in [0.15, 0.2) is 54.6 Å². The molecule has 1 amide bonds. The molecule has 1 aromatic heterocycles. The monoisotopic (exact) mass is 336 g/mol. The topological polar surface area (TPSA) is 36.1 Å². The van der Waals surface area contributed by atoms with Crippen LogP contribution in [0.25, 0.3) is 10.9 Å². The van der Waals surface area contributed by atoms with Crippen molar-refractivity contribution < 1.29 is 9.18 Å². The van der Waals surface area contributed by atoms with E-state index in [4.69, 9.17) is 0 Å². The fourth-order valence-corrected chi connectivity index (χ4v) is 3.65. The predicted molar refractivity (Wildman–Crippen MR) is 97.0 cm³/mol. The Labute approximate surface area is 146 Å². The summed E-state index contributed by atoms with van der Waals surface area (Å²) in [7, 11) is 0. The number of rotatable bonds is 3. The van der Waals surface area contributed by atoms with Crippen LogP contribution in [0.2, 0.25) is 0 Å². The Kier molecular flexibility index (Phi) is 4.26. The number of aromatic amines is 1. The summed E-state index contributed by atoms with van der Waals surface area (Å²) in [6.07, 6.45) is 2.93. The maximum absolute atomic E-state index is 13.0. The number of hydrogen-bond acceptors (Lipinski definition) is 1. The van der Waals surface area contributed by atoms with Crippen LogP contribution in [-0.4, -0.2) is 28.9 Å². The summed E-state index contributed by atoms with van der Waals surface area (Å²) in [5, 5.41) is 1.07. The third-order valence-corrected chi connectivity index (χ3v) is 5.10. The molecular weight excluding hydrogens is 315 g/mol. The normalized spacial score (nSPS) is 15.6. The quantitative estimate of drug-likeness (QED) is 0.756. The van der Waals surface area contributed by atoms with Gasteiger partial charge in [0.2, 0.25) is 0 Å². The van der Waals surface area contributed by atoms with Gasteiger partial charge >= 0.3 is 0 Å². The van der Waals surface area contributed by atoms with E-state index >= 15 is 0 Å². The molecule has 1 fully saturated rings. The van der Waals surface area contributed by atoms with Crippen molar-refractivity contribution in [1.82, 2.24) is 9.88 Å². The number of H-pyrrole nitrogens is 1. The van der Waals surface area contributed by atoms with Crippen LogP contribution < -0.4 is 0 Å². The molecule has 1 N–H and O–H groups in total. The maximum atomic E-state index is 13.0. The summed E-state index contributed by atoms with van der Waals surface area (Å²) in [4.78, 5) is 17.9. The largest absolute Gasteiger partial charge is 0.351 e. The molecule has 2 aromatic carbocycles. The molecule has 0 radical (unpaired) electrons. The van der Waals surface area contributed by atoms with Crippen LogP contribution in [0.1, 0.15) is 28.9 Å². The summed E-state index contributed by atoms with van der Waals surface area (Å²) >= 11 is 0. The minimum absolute atomic E-state index is 0.0800. The van der Waals surface area contributed by atoms with Crippen molar-refractivity contribution >= 4 is 16.8 Å². The van der Waals surface area contributed by atoms with E-state index < -0.39 is 0 Å². The molecule has 0 atom stereocenters. The van der Waals surface area contributed by atoms with Gasteiger partial charge in [-0.2, -0.15) is 0 Å². The number of aromatic nitrogens is 1. The number of hydrogen-bond donors (Lipinski definition) is 1. The fraction of sp³-hybridized carbons (Fsp3) is 0.286. The molecule has 3 nitrogen and oxygen atoms in total. The molecule has 1 aliphatic rings. The van der Waals surface area contributed by atoms with Crippen molar-refractivity contribution in [3.63, 3.8) is 0 Å². The van der Waals surface area contributed by atoms with Gasteiger partial charge in [0, 0.05) is 24.0 Å². The molecule has 3 aromatic rings. The Morgan fingerprint density at radius 2 is 1.80 bits per heavy atom. The summed E-state index contributed by atoms with van der Waals surface area (Å²) < 4.78 is 13.0. The van der Waals surface area contributed by atoms with E-state index in [0.717, 1.165) is 43.3 Å². The zero-order valence-corrected chi connectivity index (χ0v) is 14.0. The molecule has 128 valence electrons. The first-order valence-electron chi connectivity index (χ1n) is 8.80. The van der Waals surface area contributed by atoms with Crippen molar-refractivity contribution in [3.8, 4) is 0 Å². The zero-order chi connectivity index (χ0) is 17.2. The second kappa shape index (κ2) is 6.71. The first-order chi connectivity index (χ1) is 12.2. The van der Waals surface area contributed by atoms with Gasteiger partial charge in [0.15, 0.2) is 0 Å². The highest BCUT2D eigenvalue weighted by Gasteiger charge is 2.24. The van der Waals surface area contributed by atoms with Gasteiger partial charge in [-0.1, -0.05) is 30.3 Å². The number of amides is 1. The number of nitrogens with one attached hydrogen (secondary N) is 1. The Balaban J connectivity index is 1.37. The fourth-order valence-electron chi connectivity index (χ4n) is 3.65. The molecule has 0 spiro atoms. The Morgan fingerprint density at radius 3 is 2.52 bits per heavy atom. The Hall–Kier alpha value is -2.62. The van der Waals surface area contributed by atoms with Gasteiger partial charge in [-0.15, -0.1) is 0 Å². The molecule has 25 heavy (non-hydrogen) atoms. The maximum Gasteiger partial charge on any atom is 0.270 e. The van der Waals surface area contributed by atoms with Gasteiger partial charge in [0.1, 0.15) is 11.5 Å². The van der Waals surface area contributed by atoms with Crippen LogP contribution >= 0.6 is 0 Å². The van der Waals surface area contributed by atoms with Crippen molar-refractivity contribution in [3.05, 3.63) is 71.7 Å². The lowest BCUT2D eigenvalue weighted by Gasteiger charge is -2.31. The smallest absolute Gasteiger partial charge is 0.270 e. The van der Waals surface area contributed by atoms with Crippen molar-refractivity contribution in [2.24, 2.45) is 5.92 Å². The average molecular weight is 336 g/mol. The third-order valence-electron chi connectivity index (χ3n) is 5.10. The predicted octanol–water partition coefficient (Wildman–Crippen LogP) is 4.40. The SMILES string of the molecule is O=C(c1cc2ccccc2[nH]1)N1CCC(Cc2ccc(F)cc2)CC1. The van der Waals surface area contributed by atoms with Crippen LogP contribution in [0.5, 0.6) is 0 Å². The van der Waals surface area contributed by atoms with Crippen LogP contribution in [0, 0.1) is 11.7 Å². The summed E-state index contributed by atoms with van der Waals surface area (Å²) in [5.74, 6) is 0.441. The zero-order valence-electron chi connectivity index (χ0n) is 14.0. The van der Waals surface area contributed by atoms with E-state index in [9.17, 15) is 9.18 Å². The molecule has 0 bridgehead atoms. The van der Waals surface area contributed by atoms with Gasteiger partial charge in [-0.3, -0.25) is 4.79 Å². The van der Waals surface area contributed by atoms with Crippen molar-refractivity contribution in [2.45, 2.75) is 19.3 Å². The summed E-state index contributed by atoms with van der Waals surface area (Å²) in [6.45, 7) is 1.56. The standard InChI is InChI=1S/C21H21FN2O/c22-18-7-5-15(6-8-18)13-16-9-11-24(12-10-16)21(25)20-14-17-3-1-2-4-19(17)23-20/h1-8,14,16,23H,9-13H2. The van der Waals surface area contributed by atoms with Gasteiger partial charge in [0.05, 0.1) is 0 Å². The van der Waals surface area contributed by atoms with Gasteiger partial charge in [-0.25, -0.2) is 4.39 Å². The molecule has 1 saturated heterocycles. The van der Waals surface area contributed by atoms with E-state index in [1.165, 1.54) is 17.7 Å². The molecule has 4 heteroatoms. The molecule has 0 aliphatic carbocycles. The summed E-state index contributed by atoms with van der Waals surface area (Å²) in [6, 6.07) is 16.6. The van der Waals surface area contributed by atoms with Gasteiger partial charge in [0.25, 0.3) is 5.91 Å². The Morgan fingerprint density at radius 1 is 1.08 bits per heavy atom. The van der Waals surface area contributed by atoms with Crippen molar-refractivity contribution in [1.29, 1.82) is 0 Å². The van der Waals surface area contributed by atoms with Gasteiger partial charge < -0.3 is 9.88 Å². The number of benzene rings is 2. The number of fused-ring (bicyclic) bond motifs is 1. The van der Waals surface area contributed by atoms with Crippen molar-refractivity contribution in [2.75, 3.05) is 13.1 Å². The Bertz CT molecular complexity index is 843. The summed E-state index contributed by atoms with van der Waals surface area (Å²) in [5.41, 5.74) is 2.83. The number of para-hydroxylation sites is 1. The molecular formula is C21H21FN2O. The molecule has 1 aliphatic heterocycles. The molecule has 2 heterocycles. The van der Waals surface area contributed by atoms with E-state index in [-0.39, 0.29) is 11.7 Å². The average Bonchev–Trinajstić information content (AvgIpc) is 3.08. The number of carbonyl (C=O) groups excluding carboxylic acids is 1. The van der Waals surface area contributed by atoms with Crippen LogP contribution in [-0.2, 0) is 6.42 Å². The van der Waals surface area contributed by atoms with E-state index in [1.54, 1.807) is 0 Å². The minimum atomic E-state index is -0.192. The number of nitrogens with zero attached hydrogens (tertiary/aromatic N) is 1. The number of likely N-dealkylation sites (tertiary alicyclic amines) is 1.